The quantitative estimate of drug-likeness (QED) is 0.739. The van der Waals surface area contributed by atoms with E-state index in [-0.39, 0.29) is 0 Å². The zero-order valence-electron chi connectivity index (χ0n) is 10.1. The molecule has 2 heterocycles. The Morgan fingerprint density at radius 1 is 0.889 bits per heavy atom. The smallest absolute Gasteiger partial charge is 0.0728 e. The predicted octanol–water partition coefficient (Wildman–Crippen LogP) is 3.45. The first-order chi connectivity index (χ1) is 8.84. The van der Waals surface area contributed by atoms with Gasteiger partial charge < -0.3 is 0 Å². The molecule has 0 saturated heterocycles. The number of hydrogen-bond donors (Lipinski definition) is 1. The third-order valence-electron chi connectivity index (χ3n) is 2.97. The Balaban J connectivity index is 2.10. The highest BCUT2D eigenvalue weighted by molar-refractivity contribution is 5.80. The summed E-state index contributed by atoms with van der Waals surface area (Å²) in [7, 11) is 0. The molecule has 0 aliphatic carbocycles. The van der Waals surface area contributed by atoms with Crippen molar-refractivity contribution in [2.75, 3.05) is 0 Å². The van der Waals surface area contributed by atoms with E-state index in [2.05, 4.69) is 46.4 Å². The van der Waals surface area contributed by atoms with Crippen molar-refractivity contribution in [3.63, 3.8) is 0 Å². The van der Waals surface area contributed by atoms with Crippen LogP contribution >= 0.6 is 0 Å². The average Bonchev–Trinajstić information content (AvgIpc) is 2.90. The van der Waals surface area contributed by atoms with Crippen LogP contribution in [0.5, 0.6) is 0 Å². The Morgan fingerprint density at radius 3 is 2.33 bits per heavy atom. The molecule has 3 rings (SSSR count). The SMILES string of the molecule is Cc1ccc(-c2[nH]ncc2-c2ccncc2)cc1. The number of rotatable bonds is 2. The summed E-state index contributed by atoms with van der Waals surface area (Å²) in [6.45, 7) is 2.08. The Bertz CT molecular complexity index is 639. The van der Waals surface area contributed by atoms with Crippen LogP contribution in [0, 0.1) is 6.92 Å². The topological polar surface area (TPSA) is 41.6 Å². The van der Waals surface area contributed by atoms with Crippen molar-refractivity contribution >= 4 is 0 Å². The lowest BCUT2D eigenvalue weighted by Crippen LogP contribution is -1.83. The summed E-state index contributed by atoms with van der Waals surface area (Å²) in [5, 5.41) is 7.22. The monoisotopic (exact) mass is 235 g/mol. The first-order valence-corrected chi connectivity index (χ1v) is 5.85. The van der Waals surface area contributed by atoms with Crippen LogP contribution in [-0.2, 0) is 0 Å². The van der Waals surface area contributed by atoms with E-state index in [4.69, 9.17) is 0 Å². The number of nitrogens with one attached hydrogen (secondary N) is 1. The lowest BCUT2D eigenvalue weighted by Gasteiger charge is -2.03. The lowest BCUT2D eigenvalue weighted by molar-refractivity contribution is 1.09. The fourth-order valence-electron chi connectivity index (χ4n) is 1.98. The minimum Gasteiger partial charge on any atom is -0.277 e. The van der Waals surface area contributed by atoms with Gasteiger partial charge in [-0.05, 0) is 24.6 Å². The summed E-state index contributed by atoms with van der Waals surface area (Å²) >= 11 is 0. The number of pyridine rings is 1. The molecule has 3 aromatic rings. The van der Waals surface area contributed by atoms with Crippen LogP contribution in [0.25, 0.3) is 22.4 Å². The maximum atomic E-state index is 4.15. The third-order valence-corrected chi connectivity index (χ3v) is 2.97. The fourth-order valence-corrected chi connectivity index (χ4v) is 1.98. The van der Waals surface area contributed by atoms with Crippen LogP contribution in [-0.4, -0.2) is 15.2 Å². The first kappa shape index (κ1) is 10.7. The average molecular weight is 235 g/mol. The summed E-state index contributed by atoms with van der Waals surface area (Å²) in [5.41, 5.74) is 5.66. The largest absolute Gasteiger partial charge is 0.277 e. The highest BCUT2D eigenvalue weighted by Crippen LogP contribution is 2.29. The minimum atomic E-state index is 1.04. The van der Waals surface area contributed by atoms with Gasteiger partial charge in [-0.1, -0.05) is 29.8 Å². The van der Waals surface area contributed by atoms with E-state index in [0.29, 0.717) is 0 Å². The molecule has 0 atom stereocenters. The van der Waals surface area contributed by atoms with Crippen LogP contribution < -0.4 is 0 Å². The van der Waals surface area contributed by atoms with E-state index >= 15 is 0 Å². The van der Waals surface area contributed by atoms with Gasteiger partial charge in [0.15, 0.2) is 0 Å². The molecular weight excluding hydrogens is 222 g/mol. The zero-order valence-corrected chi connectivity index (χ0v) is 10.1. The van der Waals surface area contributed by atoms with Crippen LogP contribution in [0.3, 0.4) is 0 Å². The van der Waals surface area contributed by atoms with Crippen molar-refractivity contribution < 1.29 is 0 Å². The van der Waals surface area contributed by atoms with E-state index in [1.165, 1.54) is 5.56 Å². The minimum absolute atomic E-state index is 1.04. The number of aromatic nitrogens is 3. The molecule has 0 spiro atoms. The van der Waals surface area contributed by atoms with Crippen molar-refractivity contribution in [1.29, 1.82) is 0 Å². The van der Waals surface area contributed by atoms with Gasteiger partial charge in [-0.25, -0.2) is 0 Å². The van der Waals surface area contributed by atoms with Gasteiger partial charge in [-0.3, -0.25) is 10.1 Å². The van der Waals surface area contributed by atoms with Crippen molar-refractivity contribution in [3.8, 4) is 22.4 Å². The van der Waals surface area contributed by atoms with E-state index in [1.54, 1.807) is 12.4 Å². The molecule has 0 amide bonds. The van der Waals surface area contributed by atoms with Gasteiger partial charge in [0.1, 0.15) is 0 Å². The van der Waals surface area contributed by atoms with Crippen LogP contribution in [0.15, 0.2) is 55.0 Å². The molecule has 0 unspecified atom stereocenters. The van der Waals surface area contributed by atoms with Crippen molar-refractivity contribution in [1.82, 2.24) is 15.2 Å². The molecule has 0 bridgehead atoms. The second kappa shape index (κ2) is 4.45. The van der Waals surface area contributed by atoms with Gasteiger partial charge in [0.25, 0.3) is 0 Å². The number of aryl methyl sites for hydroxylation is 1. The van der Waals surface area contributed by atoms with Crippen molar-refractivity contribution in [2.24, 2.45) is 0 Å². The Labute approximate surface area is 106 Å². The molecule has 3 heteroatoms. The second-order valence-corrected chi connectivity index (χ2v) is 4.26. The van der Waals surface area contributed by atoms with Gasteiger partial charge in [-0.15, -0.1) is 0 Å². The molecule has 0 aliphatic rings. The van der Waals surface area contributed by atoms with Crippen molar-refractivity contribution in [3.05, 3.63) is 60.6 Å². The summed E-state index contributed by atoms with van der Waals surface area (Å²) in [5.74, 6) is 0. The van der Waals surface area contributed by atoms with Gasteiger partial charge in [0.2, 0.25) is 0 Å². The molecule has 88 valence electrons. The van der Waals surface area contributed by atoms with E-state index in [1.807, 2.05) is 18.3 Å². The molecular formula is C15H13N3. The number of aromatic amines is 1. The first-order valence-electron chi connectivity index (χ1n) is 5.85. The number of hydrogen-bond acceptors (Lipinski definition) is 2. The third kappa shape index (κ3) is 1.91. The molecule has 0 aliphatic heterocycles. The van der Waals surface area contributed by atoms with Crippen LogP contribution in [0.2, 0.25) is 0 Å². The molecule has 0 radical (unpaired) electrons. The second-order valence-electron chi connectivity index (χ2n) is 4.26. The summed E-state index contributed by atoms with van der Waals surface area (Å²) in [6.07, 6.45) is 5.44. The normalized spacial score (nSPS) is 10.5. The zero-order chi connectivity index (χ0) is 12.4. The van der Waals surface area contributed by atoms with E-state index in [0.717, 1.165) is 22.4 Å². The maximum absolute atomic E-state index is 4.15. The summed E-state index contributed by atoms with van der Waals surface area (Å²) in [4.78, 5) is 4.04. The van der Waals surface area contributed by atoms with Crippen molar-refractivity contribution in [2.45, 2.75) is 6.92 Å². The number of H-pyrrole nitrogens is 1. The van der Waals surface area contributed by atoms with Gasteiger partial charge >= 0.3 is 0 Å². The highest BCUT2D eigenvalue weighted by Gasteiger charge is 2.09. The molecule has 18 heavy (non-hydrogen) atoms. The van der Waals surface area contributed by atoms with Gasteiger partial charge in [-0.2, -0.15) is 5.10 Å². The fraction of sp³-hybridized carbons (Fsp3) is 0.0667. The predicted molar refractivity (Wildman–Crippen MR) is 72.0 cm³/mol. The number of nitrogens with zero attached hydrogens (tertiary/aromatic N) is 2. The van der Waals surface area contributed by atoms with E-state index in [9.17, 15) is 0 Å². The number of benzene rings is 1. The molecule has 1 N–H and O–H groups in total. The lowest BCUT2D eigenvalue weighted by atomic mass is 10.0. The Morgan fingerprint density at radius 2 is 1.61 bits per heavy atom. The van der Waals surface area contributed by atoms with Gasteiger partial charge in [0.05, 0.1) is 11.9 Å². The maximum Gasteiger partial charge on any atom is 0.0728 e. The molecule has 0 saturated carbocycles. The Kier molecular flexibility index (Phi) is 2.65. The molecule has 1 aromatic carbocycles. The molecule has 0 fully saturated rings. The molecule has 2 aromatic heterocycles. The highest BCUT2D eigenvalue weighted by atomic mass is 15.1. The van der Waals surface area contributed by atoms with Gasteiger partial charge in [0, 0.05) is 23.5 Å². The Hall–Kier alpha value is -2.42. The summed E-state index contributed by atoms with van der Waals surface area (Å²) in [6, 6.07) is 12.4. The standard InChI is InChI=1S/C15H13N3/c1-11-2-4-13(5-3-11)15-14(10-17-18-15)12-6-8-16-9-7-12/h2-10H,1H3,(H,17,18). The molecule has 3 nitrogen and oxygen atoms in total. The summed E-state index contributed by atoms with van der Waals surface area (Å²) < 4.78 is 0. The van der Waals surface area contributed by atoms with Crippen LogP contribution in [0.1, 0.15) is 5.56 Å². The van der Waals surface area contributed by atoms with E-state index < -0.39 is 0 Å². The van der Waals surface area contributed by atoms with Crippen LogP contribution in [0.4, 0.5) is 0 Å².